The number of anilines is 1. The summed E-state index contributed by atoms with van der Waals surface area (Å²) in [4.78, 5) is 22.8. The van der Waals surface area contributed by atoms with E-state index in [1.807, 2.05) is 13.8 Å². The predicted octanol–water partition coefficient (Wildman–Crippen LogP) is 1.76. The Morgan fingerprint density at radius 3 is 2.38 bits per heavy atom. The molecule has 0 unspecified atom stereocenters. The van der Waals surface area contributed by atoms with E-state index >= 15 is 0 Å². The number of nitro groups is 2. The molecule has 1 saturated heterocycles. The molecule has 1 aromatic rings. The van der Waals surface area contributed by atoms with Crippen molar-refractivity contribution in [2.45, 2.75) is 19.4 Å². The van der Waals surface area contributed by atoms with Crippen molar-refractivity contribution >= 4 is 27.9 Å². The van der Waals surface area contributed by atoms with Gasteiger partial charge in [0, 0.05) is 53.5 Å². The summed E-state index contributed by atoms with van der Waals surface area (Å²) in [5, 5.41) is 25.0. The molecule has 0 aliphatic carbocycles. The summed E-state index contributed by atoms with van der Waals surface area (Å²) < 4.78 is 11.5. The van der Waals surface area contributed by atoms with Crippen molar-refractivity contribution in [1.29, 1.82) is 0 Å². The van der Waals surface area contributed by atoms with E-state index in [1.54, 1.807) is 0 Å². The molecule has 9 nitrogen and oxygen atoms in total. The van der Waals surface area contributed by atoms with Crippen LogP contribution in [0.15, 0.2) is 18.2 Å². The Labute approximate surface area is 141 Å². The maximum absolute atomic E-state index is 11.5. The summed E-state index contributed by atoms with van der Waals surface area (Å²) in [6.45, 7) is 5.86. The van der Waals surface area contributed by atoms with Crippen LogP contribution in [0, 0.1) is 20.2 Å². The third-order valence-corrected chi connectivity index (χ3v) is 5.41. The molecule has 1 N–H and O–H groups in total. The van der Waals surface area contributed by atoms with Gasteiger partial charge in [0.1, 0.15) is 5.69 Å². The van der Waals surface area contributed by atoms with Crippen molar-refractivity contribution in [3.63, 3.8) is 0 Å². The second-order valence-corrected chi connectivity index (χ2v) is 7.91. The maximum Gasteiger partial charge on any atom is 0.299 e. The van der Waals surface area contributed by atoms with Gasteiger partial charge in [-0.15, -0.1) is 0 Å². The van der Waals surface area contributed by atoms with E-state index in [-0.39, 0.29) is 22.6 Å². The number of benzene rings is 1. The quantitative estimate of drug-likeness (QED) is 0.609. The van der Waals surface area contributed by atoms with E-state index < -0.39 is 20.6 Å². The minimum absolute atomic E-state index is 0.249. The van der Waals surface area contributed by atoms with Crippen molar-refractivity contribution in [2.75, 3.05) is 36.5 Å². The first kappa shape index (κ1) is 18.3. The third-order valence-electron chi connectivity index (χ3n) is 4.13. The first-order valence-electron chi connectivity index (χ1n) is 7.47. The molecule has 1 aromatic carbocycles. The highest BCUT2D eigenvalue weighted by atomic mass is 32.2. The van der Waals surface area contributed by atoms with E-state index in [1.165, 1.54) is 12.1 Å². The summed E-state index contributed by atoms with van der Waals surface area (Å²) in [5.41, 5.74) is -0.677. The second kappa shape index (κ2) is 7.22. The predicted molar refractivity (Wildman–Crippen MR) is 91.8 cm³/mol. The Hall–Kier alpha value is -2.07. The molecule has 0 amide bonds. The second-order valence-electron chi connectivity index (χ2n) is 6.22. The van der Waals surface area contributed by atoms with Crippen LogP contribution in [-0.4, -0.2) is 55.6 Å². The number of non-ortho nitro benzene ring substituents is 1. The van der Waals surface area contributed by atoms with Crippen LogP contribution >= 0.6 is 0 Å². The highest BCUT2D eigenvalue weighted by Crippen LogP contribution is 2.29. The summed E-state index contributed by atoms with van der Waals surface area (Å²) in [6.07, 6.45) is 0. The lowest BCUT2D eigenvalue weighted by Gasteiger charge is -2.40. The standard InChI is InChI=1S/C14H20N4O5S/c1-14(2,16-5-7-24(23)8-6-16)10-15-12-4-3-11(17(19)20)9-13(12)18(21)22/h3-4,9,15H,5-8,10H2,1-2H3. The number of rotatable bonds is 6. The minimum Gasteiger partial charge on any atom is -0.378 e. The zero-order chi connectivity index (χ0) is 17.9. The van der Waals surface area contributed by atoms with Gasteiger partial charge in [0.2, 0.25) is 0 Å². The van der Waals surface area contributed by atoms with E-state index in [4.69, 9.17) is 0 Å². The molecule has 1 heterocycles. The van der Waals surface area contributed by atoms with Gasteiger partial charge in [-0.1, -0.05) is 0 Å². The molecule has 10 heteroatoms. The number of nitrogens with one attached hydrogen (secondary N) is 1. The van der Waals surface area contributed by atoms with Crippen molar-refractivity contribution < 1.29 is 14.1 Å². The van der Waals surface area contributed by atoms with Crippen LogP contribution in [0.3, 0.4) is 0 Å². The molecule has 2 rings (SSSR count). The van der Waals surface area contributed by atoms with E-state index in [2.05, 4.69) is 10.2 Å². The van der Waals surface area contributed by atoms with Gasteiger partial charge >= 0.3 is 0 Å². The van der Waals surface area contributed by atoms with Gasteiger partial charge in [-0.05, 0) is 19.9 Å². The zero-order valence-corrected chi connectivity index (χ0v) is 14.4. The van der Waals surface area contributed by atoms with Crippen LogP contribution in [0.5, 0.6) is 0 Å². The molecule has 0 aromatic heterocycles. The monoisotopic (exact) mass is 356 g/mol. The van der Waals surface area contributed by atoms with Gasteiger partial charge in [-0.3, -0.25) is 29.3 Å². The number of hydrogen-bond donors (Lipinski definition) is 1. The Bertz CT molecular complexity index is 669. The number of hydrogen-bond acceptors (Lipinski definition) is 7. The zero-order valence-electron chi connectivity index (χ0n) is 13.6. The van der Waals surface area contributed by atoms with Crippen LogP contribution < -0.4 is 5.32 Å². The maximum atomic E-state index is 11.5. The highest BCUT2D eigenvalue weighted by molar-refractivity contribution is 7.85. The van der Waals surface area contributed by atoms with Gasteiger partial charge < -0.3 is 5.32 Å². The topological polar surface area (TPSA) is 119 Å². The first-order valence-corrected chi connectivity index (χ1v) is 8.96. The Morgan fingerprint density at radius 1 is 1.21 bits per heavy atom. The molecule has 1 aliphatic rings. The fourth-order valence-electron chi connectivity index (χ4n) is 2.60. The molecule has 0 spiro atoms. The number of nitro benzene ring substituents is 2. The van der Waals surface area contributed by atoms with Gasteiger partial charge in [0.15, 0.2) is 0 Å². The van der Waals surface area contributed by atoms with Crippen molar-refractivity contribution in [3.8, 4) is 0 Å². The summed E-state index contributed by atoms with van der Waals surface area (Å²) in [7, 11) is -0.768. The van der Waals surface area contributed by atoms with Gasteiger partial charge in [0.25, 0.3) is 11.4 Å². The highest BCUT2D eigenvalue weighted by Gasteiger charge is 2.30. The van der Waals surface area contributed by atoms with Crippen LogP contribution in [0.2, 0.25) is 0 Å². The Balaban J connectivity index is 2.11. The summed E-state index contributed by atoms with van der Waals surface area (Å²) >= 11 is 0. The minimum atomic E-state index is -0.768. The SMILES string of the molecule is CC(C)(CNc1ccc([N+](=O)[O-])cc1[N+](=O)[O-])N1CCS(=O)CC1. The largest absolute Gasteiger partial charge is 0.378 e. The fraction of sp³-hybridized carbons (Fsp3) is 0.571. The molecule has 132 valence electrons. The Morgan fingerprint density at radius 2 is 1.83 bits per heavy atom. The average molecular weight is 356 g/mol. The van der Waals surface area contributed by atoms with Crippen LogP contribution in [0.1, 0.15) is 13.8 Å². The van der Waals surface area contributed by atoms with Gasteiger partial charge in [-0.25, -0.2) is 0 Å². The molecule has 24 heavy (non-hydrogen) atoms. The lowest BCUT2D eigenvalue weighted by Crippen LogP contribution is -2.53. The summed E-state index contributed by atoms with van der Waals surface area (Å²) in [5.74, 6) is 1.25. The smallest absolute Gasteiger partial charge is 0.299 e. The third kappa shape index (κ3) is 4.26. The van der Waals surface area contributed by atoms with E-state index in [0.717, 1.165) is 6.07 Å². The van der Waals surface area contributed by atoms with Crippen LogP contribution in [0.25, 0.3) is 0 Å². The van der Waals surface area contributed by atoms with Crippen molar-refractivity contribution in [1.82, 2.24) is 4.90 Å². The van der Waals surface area contributed by atoms with Crippen molar-refractivity contribution in [3.05, 3.63) is 38.4 Å². The Kier molecular flexibility index (Phi) is 5.50. The molecule has 1 fully saturated rings. The van der Waals surface area contributed by atoms with Crippen LogP contribution in [-0.2, 0) is 10.8 Å². The fourth-order valence-corrected chi connectivity index (χ4v) is 3.65. The molecular formula is C14H20N4O5S. The summed E-state index contributed by atoms with van der Waals surface area (Å²) in [6, 6.07) is 3.56. The molecule has 1 aliphatic heterocycles. The lowest BCUT2D eigenvalue weighted by atomic mass is 10.0. The molecule has 0 saturated carbocycles. The van der Waals surface area contributed by atoms with E-state index in [9.17, 15) is 24.4 Å². The normalized spacial score (nSPS) is 16.8. The molecule has 0 radical (unpaired) electrons. The van der Waals surface area contributed by atoms with Gasteiger partial charge in [0.05, 0.1) is 15.9 Å². The molecule has 0 bridgehead atoms. The lowest BCUT2D eigenvalue weighted by molar-refractivity contribution is -0.393. The number of nitrogens with zero attached hydrogens (tertiary/aromatic N) is 3. The first-order chi connectivity index (χ1) is 11.2. The molecule has 0 atom stereocenters. The van der Waals surface area contributed by atoms with Crippen molar-refractivity contribution in [2.24, 2.45) is 0 Å². The molecular weight excluding hydrogens is 336 g/mol. The van der Waals surface area contributed by atoms with Crippen LogP contribution in [0.4, 0.5) is 17.1 Å². The van der Waals surface area contributed by atoms with E-state index in [0.29, 0.717) is 31.1 Å². The van der Waals surface area contributed by atoms with Gasteiger partial charge in [-0.2, -0.15) is 0 Å². The average Bonchev–Trinajstić information content (AvgIpc) is 2.53.